The number of pyridine rings is 1. The van der Waals surface area contributed by atoms with E-state index in [1.54, 1.807) is 34.8 Å². The highest BCUT2D eigenvalue weighted by Gasteiger charge is 2.16. The lowest BCUT2D eigenvalue weighted by atomic mass is 10.3. The third-order valence-electron chi connectivity index (χ3n) is 2.66. The lowest BCUT2D eigenvalue weighted by Gasteiger charge is -2.10. The topological polar surface area (TPSA) is 98.5 Å². The Morgan fingerprint density at radius 1 is 1.45 bits per heavy atom. The number of anilines is 1. The van der Waals surface area contributed by atoms with Crippen molar-refractivity contribution in [2.24, 2.45) is 0 Å². The second-order valence-electron chi connectivity index (χ2n) is 4.20. The van der Waals surface area contributed by atoms with Gasteiger partial charge in [0.2, 0.25) is 5.91 Å². The first-order valence-electron chi connectivity index (χ1n) is 6.27. The second kappa shape index (κ2) is 6.62. The average Bonchev–Trinajstić information content (AvgIpc) is 3.21. The van der Waals surface area contributed by atoms with Gasteiger partial charge in [-0.15, -0.1) is 10.2 Å². The largest absolute Gasteiger partial charge is 0.324 e. The summed E-state index contributed by atoms with van der Waals surface area (Å²) in [6.07, 6.45) is 4.57. The first-order valence-corrected chi connectivity index (χ1v) is 8.03. The number of carbonyl (C=O) groups excluding carboxylic acids is 1. The Kier molecular flexibility index (Phi) is 4.39. The molecule has 0 fully saturated rings. The quantitative estimate of drug-likeness (QED) is 0.709. The van der Waals surface area contributed by atoms with Gasteiger partial charge in [0, 0.05) is 0 Å². The molecule has 3 rings (SSSR count). The highest BCUT2D eigenvalue weighted by Crippen LogP contribution is 2.24. The molecule has 0 radical (unpaired) electrons. The lowest BCUT2D eigenvalue weighted by Crippen LogP contribution is -2.22. The van der Waals surface area contributed by atoms with Gasteiger partial charge in [-0.1, -0.05) is 23.1 Å². The zero-order valence-corrected chi connectivity index (χ0v) is 13.1. The van der Waals surface area contributed by atoms with Crippen molar-refractivity contribution in [3.8, 4) is 5.82 Å². The zero-order valence-electron chi connectivity index (χ0n) is 11.4. The molecule has 1 atom stereocenters. The molecule has 0 saturated carbocycles. The van der Waals surface area contributed by atoms with Crippen LogP contribution in [-0.4, -0.2) is 41.1 Å². The smallest absolute Gasteiger partial charge is 0.237 e. The summed E-state index contributed by atoms with van der Waals surface area (Å²) in [6, 6.07) is 3.52. The molecule has 0 aromatic carbocycles. The molecule has 3 aromatic heterocycles. The number of carbonyl (C=O) groups is 1. The fourth-order valence-corrected chi connectivity index (χ4v) is 3.21. The minimum Gasteiger partial charge on any atom is -0.324 e. The van der Waals surface area contributed by atoms with Crippen LogP contribution in [0.1, 0.15) is 6.92 Å². The van der Waals surface area contributed by atoms with Crippen LogP contribution in [0.4, 0.5) is 5.69 Å². The molecular formula is C12H11N7OS2. The molecule has 112 valence electrons. The predicted octanol–water partition coefficient (Wildman–Crippen LogP) is 1.63. The second-order valence-corrected chi connectivity index (χ2v) is 6.62. The number of hydrogen-bond acceptors (Lipinski definition) is 8. The minimum atomic E-state index is -0.275. The molecule has 0 aliphatic heterocycles. The Hall–Kier alpha value is -2.33. The van der Waals surface area contributed by atoms with E-state index < -0.39 is 0 Å². The standard InChI is InChI=1S/C12H11N7OS2/c1-8(22-12-18-15-7-21-12)11(20)17-9-2-3-10(14-4-9)19-6-13-5-16-19/h2-8H,1H3,(H,17,20)/t8-/m0/s1. The number of rotatable bonds is 5. The van der Waals surface area contributed by atoms with Crippen LogP contribution in [0.3, 0.4) is 0 Å². The van der Waals surface area contributed by atoms with E-state index in [9.17, 15) is 4.79 Å². The van der Waals surface area contributed by atoms with E-state index in [-0.39, 0.29) is 11.2 Å². The van der Waals surface area contributed by atoms with Gasteiger partial charge < -0.3 is 5.32 Å². The van der Waals surface area contributed by atoms with Gasteiger partial charge in [-0.05, 0) is 19.1 Å². The Morgan fingerprint density at radius 2 is 2.36 bits per heavy atom. The van der Waals surface area contributed by atoms with Crippen LogP contribution in [0, 0.1) is 0 Å². The molecule has 0 saturated heterocycles. The molecule has 1 amide bonds. The average molecular weight is 333 g/mol. The highest BCUT2D eigenvalue weighted by molar-refractivity contribution is 8.02. The molecule has 1 N–H and O–H groups in total. The molecule has 0 aliphatic rings. The number of thioether (sulfide) groups is 1. The maximum Gasteiger partial charge on any atom is 0.237 e. The van der Waals surface area contributed by atoms with Gasteiger partial charge in [0.05, 0.1) is 17.1 Å². The normalized spacial score (nSPS) is 12.0. The van der Waals surface area contributed by atoms with E-state index in [0.717, 1.165) is 4.34 Å². The molecule has 8 nitrogen and oxygen atoms in total. The monoisotopic (exact) mass is 333 g/mol. The summed E-state index contributed by atoms with van der Waals surface area (Å²) in [5.74, 6) is 0.516. The maximum absolute atomic E-state index is 12.1. The van der Waals surface area contributed by atoms with Crippen LogP contribution in [0.15, 0.2) is 40.8 Å². The summed E-state index contributed by atoms with van der Waals surface area (Å²) in [5, 5.41) is 14.2. The zero-order chi connectivity index (χ0) is 15.4. The van der Waals surface area contributed by atoms with Crippen LogP contribution in [0.2, 0.25) is 0 Å². The summed E-state index contributed by atoms with van der Waals surface area (Å²) in [4.78, 5) is 20.2. The van der Waals surface area contributed by atoms with Gasteiger partial charge in [0.1, 0.15) is 18.2 Å². The predicted molar refractivity (Wildman–Crippen MR) is 83.0 cm³/mol. The van der Waals surface area contributed by atoms with Crippen LogP contribution in [0.5, 0.6) is 0 Å². The molecule has 0 unspecified atom stereocenters. The van der Waals surface area contributed by atoms with Gasteiger partial charge in [-0.25, -0.2) is 14.6 Å². The van der Waals surface area contributed by atoms with Crippen LogP contribution < -0.4 is 5.32 Å². The number of aromatic nitrogens is 6. The van der Waals surface area contributed by atoms with Crippen molar-refractivity contribution < 1.29 is 4.79 Å². The van der Waals surface area contributed by atoms with Crippen molar-refractivity contribution in [2.45, 2.75) is 16.5 Å². The van der Waals surface area contributed by atoms with Crippen molar-refractivity contribution in [3.63, 3.8) is 0 Å². The number of nitrogens with zero attached hydrogens (tertiary/aromatic N) is 6. The fraction of sp³-hybridized carbons (Fsp3) is 0.167. The molecular weight excluding hydrogens is 322 g/mol. The van der Waals surface area contributed by atoms with Crippen molar-refractivity contribution in [2.75, 3.05) is 5.32 Å². The summed E-state index contributed by atoms with van der Waals surface area (Å²) in [5.41, 5.74) is 2.26. The third kappa shape index (κ3) is 3.46. The first kappa shape index (κ1) is 14.6. The summed E-state index contributed by atoms with van der Waals surface area (Å²) >= 11 is 2.78. The van der Waals surface area contributed by atoms with Gasteiger partial charge in [0.25, 0.3) is 0 Å². The van der Waals surface area contributed by atoms with Gasteiger partial charge in [-0.2, -0.15) is 5.10 Å². The first-order chi connectivity index (χ1) is 10.7. The van der Waals surface area contributed by atoms with Crippen LogP contribution in [-0.2, 0) is 4.79 Å². The Bertz CT molecular complexity index is 727. The molecule has 0 aliphatic carbocycles. The molecule has 0 bridgehead atoms. The number of amides is 1. The number of hydrogen-bond donors (Lipinski definition) is 1. The van der Waals surface area contributed by atoms with E-state index in [2.05, 4.69) is 30.6 Å². The third-order valence-corrected chi connectivity index (χ3v) is 4.57. The fourth-order valence-electron chi connectivity index (χ4n) is 1.58. The molecule has 22 heavy (non-hydrogen) atoms. The molecule has 0 spiro atoms. The van der Waals surface area contributed by atoms with E-state index in [1.807, 2.05) is 6.92 Å². The van der Waals surface area contributed by atoms with Gasteiger partial charge in [-0.3, -0.25) is 4.79 Å². The highest BCUT2D eigenvalue weighted by atomic mass is 32.2. The van der Waals surface area contributed by atoms with Crippen LogP contribution in [0.25, 0.3) is 5.82 Å². The van der Waals surface area contributed by atoms with Crippen LogP contribution >= 0.6 is 23.1 Å². The van der Waals surface area contributed by atoms with E-state index in [0.29, 0.717) is 11.5 Å². The van der Waals surface area contributed by atoms with Crippen molar-refractivity contribution in [1.82, 2.24) is 29.9 Å². The van der Waals surface area contributed by atoms with Crippen molar-refractivity contribution >= 4 is 34.7 Å². The number of nitrogens with one attached hydrogen (secondary N) is 1. The Balaban J connectivity index is 1.61. The molecule has 3 heterocycles. The Labute approximate surface area is 134 Å². The molecule has 10 heteroatoms. The summed E-state index contributed by atoms with van der Waals surface area (Å²) < 4.78 is 2.31. The summed E-state index contributed by atoms with van der Waals surface area (Å²) in [7, 11) is 0. The van der Waals surface area contributed by atoms with E-state index in [4.69, 9.17) is 0 Å². The SMILES string of the molecule is C[C@H](Sc1nncs1)C(=O)Nc1ccc(-n2cncn2)nc1. The van der Waals surface area contributed by atoms with E-state index >= 15 is 0 Å². The van der Waals surface area contributed by atoms with Gasteiger partial charge >= 0.3 is 0 Å². The lowest BCUT2D eigenvalue weighted by molar-refractivity contribution is -0.115. The minimum absolute atomic E-state index is 0.115. The Morgan fingerprint density at radius 3 is 3.00 bits per heavy atom. The van der Waals surface area contributed by atoms with E-state index in [1.165, 1.54) is 29.4 Å². The van der Waals surface area contributed by atoms with Gasteiger partial charge in [0.15, 0.2) is 10.2 Å². The summed E-state index contributed by atoms with van der Waals surface area (Å²) in [6.45, 7) is 1.82. The van der Waals surface area contributed by atoms with Crippen molar-refractivity contribution in [3.05, 3.63) is 36.5 Å². The van der Waals surface area contributed by atoms with Crippen molar-refractivity contribution in [1.29, 1.82) is 0 Å². The maximum atomic E-state index is 12.1. The molecule has 3 aromatic rings.